The summed E-state index contributed by atoms with van der Waals surface area (Å²) in [5, 5.41) is -0.830. The van der Waals surface area contributed by atoms with Gasteiger partial charge in [-0.15, -0.1) is 0 Å². The number of ketones is 2. The van der Waals surface area contributed by atoms with Gasteiger partial charge in [0, 0.05) is 48.5 Å². The molecule has 1 unspecified atom stereocenters. The fraction of sp³-hybridized carbons (Fsp3) is 0.733. The molecule has 1 aromatic carbocycles. The van der Waals surface area contributed by atoms with E-state index in [9.17, 15) is 31.6 Å². The molecule has 8 rings (SSSR count). The van der Waals surface area contributed by atoms with Crippen LogP contribution in [0.4, 0.5) is 17.6 Å². The van der Waals surface area contributed by atoms with Crippen molar-refractivity contribution >= 4 is 44.5 Å². The number of sulfonamides is 1. The number of rotatable bonds is 9. The molecule has 1 amide bonds. The highest BCUT2D eigenvalue weighted by molar-refractivity contribution is 7.90. The number of fused-ring (bicyclic) bond motifs is 7. The number of aromatic nitrogens is 2. The van der Waals surface area contributed by atoms with Crippen molar-refractivity contribution in [1.29, 1.82) is 0 Å². The van der Waals surface area contributed by atoms with E-state index in [1.807, 2.05) is 4.72 Å². The molecule has 5 saturated carbocycles. The minimum Gasteiger partial charge on any atom is -0.497 e. The van der Waals surface area contributed by atoms with Gasteiger partial charge in [0.25, 0.3) is 5.92 Å². The molecule has 1 aliphatic heterocycles. The Bertz CT molecular complexity index is 2230. The molecular formula is C45H57F4N3O9S. The maximum absolute atomic E-state index is 16.6. The minimum absolute atomic E-state index is 0.000701. The summed E-state index contributed by atoms with van der Waals surface area (Å²) in [7, 11) is -2.72. The van der Waals surface area contributed by atoms with Crippen LogP contribution in [0.15, 0.2) is 18.2 Å². The Morgan fingerprint density at radius 1 is 0.984 bits per heavy atom. The molecule has 1 aromatic heterocycles. The molecule has 0 saturated heterocycles. The van der Waals surface area contributed by atoms with E-state index in [0.29, 0.717) is 49.7 Å². The normalized spacial score (nSPS) is 34.8. The first-order valence-corrected chi connectivity index (χ1v) is 23.7. The van der Waals surface area contributed by atoms with Crippen molar-refractivity contribution in [1.82, 2.24) is 14.7 Å². The number of Topliss-reactive ketones (excluding diaryl/α,β-unsaturated/α-hetero) is 2. The number of hydrogen-bond donors (Lipinski definition) is 1. The molecule has 11 atom stereocenters. The lowest BCUT2D eigenvalue weighted by molar-refractivity contribution is -0.156. The zero-order chi connectivity index (χ0) is 44.7. The summed E-state index contributed by atoms with van der Waals surface area (Å²) < 4.78 is 108. The van der Waals surface area contributed by atoms with Crippen LogP contribution in [0.5, 0.6) is 11.6 Å². The number of benzene rings is 1. The Morgan fingerprint density at radius 2 is 1.73 bits per heavy atom. The number of alkyl halides is 4. The molecule has 0 spiro atoms. The molecule has 6 aliphatic rings. The van der Waals surface area contributed by atoms with E-state index in [1.54, 1.807) is 33.8 Å². The quantitative estimate of drug-likeness (QED) is 0.193. The third-order valence-electron chi connectivity index (χ3n) is 15.0. The van der Waals surface area contributed by atoms with Gasteiger partial charge in [0.15, 0.2) is 5.69 Å². The van der Waals surface area contributed by atoms with Gasteiger partial charge < -0.3 is 14.2 Å². The second-order valence-corrected chi connectivity index (χ2v) is 22.0. The third-order valence-corrected chi connectivity index (χ3v) is 16.8. The summed E-state index contributed by atoms with van der Waals surface area (Å²) in [5.41, 5.74) is -3.21. The highest BCUT2D eigenvalue weighted by Gasteiger charge is 2.67. The smallest absolute Gasteiger partial charge is 0.306 e. The van der Waals surface area contributed by atoms with Crippen molar-refractivity contribution in [2.24, 2.45) is 58.2 Å². The number of hydrogen-bond acceptors (Lipinski definition) is 11. The van der Waals surface area contributed by atoms with Gasteiger partial charge in [0.05, 0.1) is 35.2 Å². The van der Waals surface area contributed by atoms with Crippen LogP contribution in [0.1, 0.15) is 117 Å². The maximum atomic E-state index is 16.6. The summed E-state index contributed by atoms with van der Waals surface area (Å²) in [4.78, 5) is 66.5. The first-order valence-electron chi connectivity index (χ1n) is 22.2. The number of methoxy groups -OCH3 is 1. The zero-order valence-corrected chi connectivity index (χ0v) is 36.7. The van der Waals surface area contributed by atoms with E-state index in [-0.39, 0.29) is 42.6 Å². The van der Waals surface area contributed by atoms with Crippen LogP contribution in [-0.4, -0.2) is 72.8 Å². The molecule has 5 fully saturated rings. The van der Waals surface area contributed by atoms with Gasteiger partial charge in [0.2, 0.25) is 28.2 Å². The number of carbonyl (C=O) groups is 4. The highest BCUT2D eigenvalue weighted by Crippen LogP contribution is 2.61. The van der Waals surface area contributed by atoms with Crippen molar-refractivity contribution in [3.8, 4) is 11.6 Å². The van der Waals surface area contributed by atoms with E-state index >= 15 is 13.6 Å². The fourth-order valence-electron chi connectivity index (χ4n) is 11.1. The van der Waals surface area contributed by atoms with Gasteiger partial charge in [-0.2, -0.15) is 8.78 Å². The molecular weight excluding hydrogens is 835 g/mol. The van der Waals surface area contributed by atoms with Gasteiger partial charge in [-0.05, 0) is 93.1 Å². The molecule has 2 bridgehead atoms. The number of halogens is 4. The van der Waals surface area contributed by atoms with Crippen LogP contribution in [0.3, 0.4) is 0 Å². The maximum Gasteiger partial charge on any atom is 0.306 e. The Morgan fingerprint density at radius 3 is 2.37 bits per heavy atom. The summed E-state index contributed by atoms with van der Waals surface area (Å²) in [6.45, 7) is 7.11. The van der Waals surface area contributed by atoms with Crippen molar-refractivity contribution in [3.05, 3.63) is 23.9 Å². The monoisotopic (exact) mass is 891 g/mol. The largest absolute Gasteiger partial charge is 0.497 e. The summed E-state index contributed by atoms with van der Waals surface area (Å²) >= 11 is 0. The third kappa shape index (κ3) is 8.56. The molecule has 2 aromatic rings. The summed E-state index contributed by atoms with van der Waals surface area (Å²) in [6.07, 6.45) is -3.19. The van der Waals surface area contributed by atoms with Crippen LogP contribution in [0, 0.1) is 58.2 Å². The lowest BCUT2D eigenvalue weighted by Crippen LogP contribution is -2.43. The molecule has 2 heterocycles. The first kappa shape index (κ1) is 44.7. The van der Waals surface area contributed by atoms with Crippen LogP contribution in [0.2, 0.25) is 0 Å². The molecule has 12 nitrogen and oxygen atoms in total. The number of carbonyl (C=O) groups excluding carboxylic acids is 4. The lowest BCUT2D eigenvalue weighted by Gasteiger charge is -2.33. The Kier molecular flexibility index (Phi) is 11.7. The average molecular weight is 892 g/mol. The molecule has 5 aliphatic carbocycles. The second-order valence-electron chi connectivity index (χ2n) is 20.0. The number of esters is 1. The van der Waals surface area contributed by atoms with Gasteiger partial charge in [-0.3, -0.25) is 23.9 Å². The molecule has 17 heteroatoms. The topological polar surface area (TPSA) is 168 Å². The summed E-state index contributed by atoms with van der Waals surface area (Å²) in [6, 6.07) is 4.62. The van der Waals surface area contributed by atoms with Crippen molar-refractivity contribution in [2.75, 3.05) is 7.11 Å². The molecule has 62 heavy (non-hydrogen) atoms. The Balaban J connectivity index is 1.20. The summed E-state index contributed by atoms with van der Waals surface area (Å²) in [5.74, 6) is -11.8. The SMILES string of the molecule is CC[C@@H]1[C@@H]2CC(C(=O)[C@H](C(C)(C)C)CC(=O)O[C@@H]3C[C@@H]4C[C@@H]4[C@H]3CCCCC(F)(F)c3nc4ccc(OC)cc4nc3O2)[C@@H]1C(=O)C[C@]1(C(=O)NS(=O)(=O)C2CC2)C[C@H]1C(F)F. The van der Waals surface area contributed by atoms with Crippen LogP contribution in [-0.2, 0) is 39.9 Å². The minimum atomic E-state index is -4.16. The van der Waals surface area contributed by atoms with Crippen LogP contribution in [0.25, 0.3) is 11.0 Å². The average Bonchev–Trinajstić information content (AvgIpc) is 4.13. The first-order chi connectivity index (χ1) is 29.2. The Hall–Kier alpha value is -3.89. The van der Waals surface area contributed by atoms with Gasteiger partial charge in [-0.25, -0.2) is 27.2 Å². The van der Waals surface area contributed by atoms with Gasteiger partial charge in [0.1, 0.15) is 29.5 Å². The lowest BCUT2D eigenvalue weighted by atomic mass is 9.69. The number of ether oxygens (including phenoxy) is 3. The van der Waals surface area contributed by atoms with E-state index in [4.69, 9.17) is 14.2 Å². The zero-order valence-electron chi connectivity index (χ0n) is 35.8. The van der Waals surface area contributed by atoms with Crippen LogP contribution >= 0.6 is 0 Å². The van der Waals surface area contributed by atoms with E-state index in [0.717, 1.165) is 6.42 Å². The van der Waals surface area contributed by atoms with Crippen LogP contribution < -0.4 is 14.2 Å². The number of nitrogens with one attached hydrogen (secondary N) is 1. The van der Waals surface area contributed by atoms with Gasteiger partial charge in [-0.1, -0.05) is 34.1 Å². The predicted molar refractivity (Wildman–Crippen MR) is 217 cm³/mol. The van der Waals surface area contributed by atoms with E-state index in [2.05, 4.69) is 9.97 Å². The standard InChI is InChI=1S/C45H57F4N3O9S/c1-6-25-35-18-28(37(25)33(53)21-44(20-30(44)40(46)47)42(56)52-62(57,58)24-11-12-24)38(55)29(43(2,3)4)19-36(54)60-34-16-22-15-27(22)26(34)9-7-8-14-45(48,49)39-41(61-35)51-32-17-23(59-5)10-13-31(32)50-39/h10,13,17,22,24-30,34-35,37,40H,6-9,11-12,14-16,18-21H2,1-5H3,(H,52,56)/t22-,25+,26+,27-,28?,29+,30-,34+,35-,37+,44+/m0/s1. The Labute approximate surface area is 359 Å². The second kappa shape index (κ2) is 16.3. The number of amides is 1. The van der Waals surface area contributed by atoms with Crippen molar-refractivity contribution in [3.63, 3.8) is 0 Å². The van der Waals surface area contributed by atoms with Gasteiger partial charge >= 0.3 is 5.97 Å². The predicted octanol–water partition coefficient (Wildman–Crippen LogP) is 7.74. The molecule has 340 valence electrons. The fourth-order valence-corrected chi connectivity index (χ4v) is 12.5. The van der Waals surface area contributed by atoms with Crippen molar-refractivity contribution < 1.29 is 59.4 Å². The van der Waals surface area contributed by atoms with Crippen molar-refractivity contribution in [2.45, 2.75) is 141 Å². The molecule has 1 N–H and O–H groups in total. The van der Waals surface area contributed by atoms with E-state index < -0.39 is 135 Å². The molecule has 0 radical (unpaired) electrons. The van der Waals surface area contributed by atoms with E-state index in [1.165, 1.54) is 19.2 Å². The number of nitrogens with zero attached hydrogens (tertiary/aromatic N) is 2. The highest BCUT2D eigenvalue weighted by atomic mass is 32.2.